The van der Waals surface area contributed by atoms with Gasteiger partial charge in [-0.15, -0.1) is 24.0 Å². The molecule has 6 nitrogen and oxygen atoms in total. The van der Waals surface area contributed by atoms with Gasteiger partial charge in [0, 0.05) is 18.8 Å². The first kappa shape index (κ1) is 23.0. The van der Waals surface area contributed by atoms with Gasteiger partial charge in [0.25, 0.3) is 0 Å². The van der Waals surface area contributed by atoms with Gasteiger partial charge in [0.2, 0.25) is 5.91 Å². The van der Waals surface area contributed by atoms with Crippen LogP contribution in [-0.4, -0.2) is 38.6 Å². The molecule has 2 N–H and O–H groups in total. The lowest BCUT2D eigenvalue weighted by Crippen LogP contribution is -2.46. The Morgan fingerprint density at radius 3 is 2.79 bits per heavy atom. The maximum Gasteiger partial charge on any atom is 0.246 e. The molecular weight excluding hydrogens is 479 g/mol. The number of carbonyl (C=O) groups is 1. The molecule has 0 atom stereocenters. The molecule has 1 aliphatic heterocycles. The molecule has 29 heavy (non-hydrogen) atoms. The Morgan fingerprint density at radius 1 is 1.17 bits per heavy atom. The molecule has 2 aromatic rings. The molecule has 0 unspecified atom stereocenters. The fourth-order valence-corrected chi connectivity index (χ4v) is 3.33. The van der Waals surface area contributed by atoms with Gasteiger partial charge < -0.3 is 20.3 Å². The molecule has 3 rings (SSSR count). The van der Waals surface area contributed by atoms with Gasteiger partial charge >= 0.3 is 0 Å². The SMILES string of the molecule is CCNC(=NCc1cccc(OC)c1)NCC(=O)N1CCCc2ccccc21.I. The topological polar surface area (TPSA) is 66.0 Å². The number of carbonyl (C=O) groups excluding carboxylic acids is 1. The minimum Gasteiger partial charge on any atom is -0.497 e. The Balaban J connectivity index is 0.00000300. The number of guanidine groups is 1. The average Bonchev–Trinajstić information content (AvgIpc) is 2.75. The van der Waals surface area contributed by atoms with Crippen LogP contribution in [0.3, 0.4) is 0 Å². The number of benzene rings is 2. The summed E-state index contributed by atoms with van der Waals surface area (Å²) in [5.74, 6) is 1.49. The van der Waals surface area contributed by atoms with Gasteiger partial charge in [0.15, 0.2) is 5.96 Å². The van der Waals surface area contributed by atoms with Gasteiger partial charge in [-0.25, -0.2) is 4.99 Å². The third-order valence-electron chi connectivity index (χ3n) is 4.72. The number of aryl methyl sites for hydroxylation is 1. The second-order valence-corrected chi connectivity index (χ2v) is 6.68. The van der Waals surface area contributed by atoms with Crippen LogP contribution in [0.15, 0.2) is 53.5 Å². The molecule has 0 aliphatic carbocycles. The molecule has 156 valence electrons. The fourth-order valence-electron chi connectivity index (χ4n) is 3.33. The number of rotatable bonds is 6. The lowest BCUT2D eigenvalue weighted by atomic mass is 10.0. The van der Waals surface area contributed by atoms with Gasteiger partial charge in [-0.3, -0.25) is 4.79 Å². The summed E-state index contributed by atoms with van der Waals surface area (Å²) in [4.78, 5) is 19.3. The smallest absolute Gasteiger partial charge is 0.246 e. The quantitative estimate of drug-likeness (QED) is 0.357. The van der Waals surface area contributed by atoms with Crippen LogP contribution in [0.25, 0.3) is 0 Å². The van der Waals surface area contributed by atoms with E-state index in [1.54, 1.807) is 7.11 Å². The third-order valence-corrected chi connectivity index (χ3v) is 4.72. The Labute approximate surface area is 189 Å². The molecule has 1 heterocycles. The Hall–Kier alpha value is -2.29. The zero-order valence-corrected chi connectivity index (χ0v) is 19.3. The number of aliphatic imine (C=N–C) groups is 1. The lowest BCUT2D eigenvalue weighted by Gasteiger charge is -2.29. The van der Waals surface area contributed by atoms with E-state index in [1.807, 2.05) is 54.3 Å². The minimum atomic E-state index is 0. The standard InChI is InChI=1S/C22H28N4O2.HI/c1-3-23-22(24-15-17-8-6-11-19(14-17)28-2)25-16-21(27)26-13-7-10-18-9-4-5-12-20(18)26;/h4-6,8-9,11-12,14H,3,7,10,13,15-16H2,1-2H3,(H2,23,24,25);1H. The molecule has 0 spiro atoms. The van der Waals surface area contributed by atoms with E-state index in [4.69, 9.17) is 4.74 Å². The molecule has 7 heteroatoms. The van der Waals surface area contributed by atoms with Crippen molar-refractivity contribution < 1.29 is 9.53 Å². The predicted molar refractivity (Wildman–Crippen MR) is 128 cm³/mol. The van der Waals surface area contributed by atoms with Crippen LogP contribution < -0.4 is 20.3 Å². The van der Waals surface area contributed by atoms with Crippen LogP contribution in [0.2, 0.25) is 0 Å². The summed E-state index contributed by atoms with van der Waals surface area (Å²) >= 11 is 0. The number of hydrogen-bond donors (Lipinski definition) is 2. The fraction of sp³-hybridized carbons (Fsp3) is 0.364. The van der Waals surface area contributed by atoms with E-state index in [2.05, 4.69) is 21.7 Å². The van der Waals surface area contributed by atoms with Crippen LogP contribution in [0.4, 0.5) is 5.69 Å². The highest BCUT2D eigenvalue weighted by Crippen LogP contribution is 2.26. The largest absolute Gasteiger partial charge is 0.497 e. The van der Waals surface area contributed by atoms with E-state index in [1.165, 1.54) is 5.56 Å². The maximum atomic E-state index is 12.8. The molecule has 0 fully saturated rings. The van der Waals surface area contributed by atoms with Crippen molar-refractivity contribution in [1.29, 1.82) is 0 Å². The van der Waals surface area contributed by atoms with Crippen LogP contribution in [0.1, 0.15) is 24.5 Å². The number of halogens is 1. The normalized spacial score (nSPS) is 13.2. The van der Waals surface area contributed by atoms with Crippen molar-refractivity contribution in [2.45, 2.75) is 26.3 Å². The van der Waals surface area contributed by atoms with Crippen molar-refractivity contribution in [3.63, 3.8) is 0 Å². The van der Waals surface area contributed by atoms with Gasteiger partial charge in [-0.1, -0.05) is 30.3 Å². The summed E-state index contributed by atoms with van der Waals surface area (Å²) in [6.07, 6.45) is 2.02. The second-order valence-electron chi connectivity index (χ2n) is 6.68. The van der Waals surface area contributed by atoms with Crippen molar-refractivity contribution in [3.05, 3.63) is 59.7 Å². The Morgan fingerprint density at radius 2 is 2.00 bits per heavy atom. The van der Waals surface area contributed by atoms with Gasteiger partial charge in [0.1, 0.15) is 5.75 Å². The summed E-state index contributed by atoms with van der Waals surface area (Å²) < 4.78 is 5.25. The highest BCUT2D eigenvalue weighted by atomic mass is 127. The number of anilines is 1. The van der Waals surface area contributed by atoms with Crippen LogP contribution >= 0.6 is 24.0 Å². The third kappa shape index (κ3) is 6.35. The van der Waals surface area contributed by atoms with Crippen LogP contribution in [-0.2, 0) is 17.8 Å². The monoisotopic (exact) mass is 508 g/mol. The molecule has 1 aliphatic rings. The van der Waals surface area contributed by atoms with Crippen molar-refractivity contribution in [2.24, 2.45) is 4.99 Å². The van der Waals surface area contributed by atoms with E-state index in [0.29, 0.717) is 12.5 Å². The number of para-hydroxylation sites is 1. The average molecular weight is 508 g/mol. The van der Waals surface area contributed by atoms with E-state index in [0.717, 1.165) is 42.9 Å². The number of amides is 1. The van der Waals surface area contributed by atoms with Gasteiger partial charge in [-0.2, -0.15) is 0 Å². The lowest BCUT2D eigenvalue weighted by molar-refractivity contribution is -0.117. The maximum absolute atomic E-state index is 12.8. The molecule has 0 saturated carbocycles. The van der Waals surface area contributed by atoms with E-state index in [9.17, 15) is 4.79 Å². The number of nitrogens with one attached hydrogen (secondary N) is 2. The Kier molecular flexibility index (Phi) is 9.24. The summed E-state index contributed by atoms with van der Waals surface area (Å²) in [5.41, 5.74) is 3.31. The highest BCUT2D eigenvalue weighted by Gasteiger charge is 2.21. The number of nitrogens with zero attached hydrogens (tertiary/aromatic N) is 2. The summed E-state index contributed by atoms with van der Waals surface area (Å²) in [6, 6.07) is 16.0. The number of ether oxygens (including phenoxy) is 1. The molecule has 0 saturated heterocycles. The first-order valence-corrected chi connectivity index (χ1v) is 9.74. The Bertz CT molecular complexity index is 841. The summed E-state index contributed by atoms with van der Waals surface area (Å²) in [7, 11) is 1.65. The summed E-state index contributed by atoms with van der Waals surface area (Å²) in [5, 5.41) is 6.36. The van der Waals surface area contributed by atoms with Gasteiger partial charge in [0.05, 0.1) is 20.2 Å². The number of methoxy groups -OCH3 is 1. The molecule has 0 radical (unpaired) electrons. The first-order valence-electron chi connectivity index (χ1n) is 9.74. The minimum absolute atomic E-state index is 0. The van der Waals surface area contributed by atoms with E-state index < -0.39 is 0 Å². The van der Waals surface area contributed by atoms with Crippen molar-refractivity contribution in [2.75, 3.05) is 31.6 Å². The number of hydrogen-bond acceptors (Lipinski definition) is 3. The summed E-state index contributed by atoms with van der Waals surface area (Å²) in [6.45, 7) is 4.21. The first-order chi connectivity index (χ1) is 13.7. The predicted octanol–water partition coefficient (Wildman–Crippen LogP) is 3.35. The second kappa shape index (κ2) is 11.6. The van der Waals surface area contributed by atoms with E-state index >= 15 is 0 Å². The molecular formula is C22H29IN4O2. The molecule has 0 aromatic heterocycles. The van der Waals surface area contributed by atoms with Crippen LogP contribution in [0.5, 0.6) is 5.75 Å². The van der Waals surface area contributed by atoms with Crippen molar-refractivity contribution >= 4 is 41.5 Å². The molecule has 2 aromatic carbocycles. The molecule has 0 bridgehead atoms. The van der Waals surface area contributed by atoms with Crippen molar-refractivity contribution in [1.82, 2.24) is 10.6 Å². The molecule has 1 amide bonds. The zero-order chi connectivity index (χ0) is 19.8. The highest BCUT2D eigenvalue weighted by molar-refractivity contribution is 14.0. The van der Waals surface area contributed by atoms with Crippen molar-refractivity contribution in [3.8, 4) is 5.75 Å². The van der Waals surface area contributed by atoms with E-state index in [-0.39, 0.29) is 36.4 Å². The van der Waals surface area contributed by atoms with Gasteiger partial charge in [-0.05, 0) is 49.1 Å². The number of fused-ring (bicyclic) bond motifs is 1. The van der Waals surface area contributed by atoms with Crippen LogP contribution in [0, 0.1) is 0 Å². The zero-order valence-electron chi connectivity index (χ0n) is 17.0.